The zero-order valence-corrected chi connectivity index (χ0v) is 12.6. The minimum atomic E-state index is -1.84. The summed E-state index contributed by atoms with van der Waals surface area (Å²) in [6.45, 7) is 9.67. The highest BCUT2D eigenvalue weighted by Gasteiger charge is 2.28. The summed E-state index contributed by atoms with van der Waals surface area (Å²) in [5, 5.41) is 0. The van der Waals surface area contributed by atoms with E-state index in [4.69, 9.17) is 15.5 Å². The number of hydrogen-bond donors (Lipinski definition) is 0. The normalized spacial score (nSPS) is 14.2. The van der Waals surface area contributed by atoms with Crippen LogP contribution in [0.3, 0.4) is 0 Å². The summed E-state index contributed by atoms with van der Waals surface area (Å²) in [5.41, 5.74) is 0. The summed E-state index contributed by atoms with van der Waals surface area (Å²) in [6.07, 6.45) is 5.11. The van der Waals surface area contributed by atoms with Gasteiger partial charge in [-0.3, -0.25) is 0 Å². The fourth-order valence-electron chi connectivity index (χ4n) is 1.62. The lowest BCUT2D eigenvalue weighted by Crippen LogP contribution is -2.32. The number of halogens is 1. The molecular formula is C12H27ClOSi. The molecular weight excluding hydrogens is 224 g/mol. The van der Waals surface area contributed by atoms with Crippen LogP contribution in [-0.4, -0.2) is 14.2 Å². The molecule has 1 atom stereocenters. The standard InChI is InChI=1S/C12H27ClOSi/c1-5-9-10-12(6-2)11-14-15(13,7-3)8-4/h12H,5-11H2,1-4H3. The monoisotopic (exact) mass is 250 g/mol. The second kappa shape index (κ2) is 8.60. The quantitative estimate of drug-likeness (QED) is 0.416. The summed E-state index contributed by atoms with van der Waals surface area (Å²) in [6, 6.07) is 2.05. The maximum atomic E-state index is 6.46. The van der Waals surface area contributed by atoms with Crippen molar-refractivity contribution in [2.75, 3.05) is 6.61 Å². The molecule has 0 aromatic rings. The smallest absolute Gasteiger partial charge is 0.289 e. The van der Waals surface area contributed by atoms with Crippen LogP contribution in [0.4, 0.5) is 0 Å². The van der Waals surface area contributed by atoms with Gasteiger partial charge in [0.05, 0.1) is 0 Å². The Morgan fingerprint density at radius 1 is 1.13 bits per heavy atom. The van der Waals surface area contributed by atoms with E-state index in [0.717, 1.165) is 18.7 Å². The average molecular weight is 251 g/mol. The van der Waals surface area contributed by atoms with Gasteiger partial charge in [0.25, 0.3) is 7.63 Å². The minimum absolute atomic E-state index is 0.716. The Labute approximate surface area is 101 Å². The van der Waals surface area contributed by atoms with Gasteiger partial charge in [-0.05, 0) is 24.4 Å². The van der Waals surface area contributed by atoms with Gasteiger partial charge in [-0.15, -0.1) is 11.1 Å². The van der Waals surface area contributed by atoms with Gasteiger partial charge >= 0.3 is 0 Å². The molecule has 0 saturated heterocycles. The first-order valence-corrected chi connectivity index (χ1v) is 9.78. The Morgan fingerprint density at radius 3 is 2.13 bits per heavy atom. The Balaban J connectivity index is 3.87. The average Bonchev–Trinajstić information content (AvgIpc) is 2.29. The molecule has 0 saturated carbocycles. The highest BCUT2D eigenvalue weighted by molar-refractivity contribution is 7.16. The fraction of sp³-hybridized carbons (Fsp3) is 1.00. The maximum Gasteiger partial charge on any atom is 0.289 e. The number of rotatable bonds is 9. The van der Waals surface area contributed by atoms with Gasteiger partial charge in [-0.25, -0.2) is 0 Å². The summed E-state index contributed by atoms with van der Waals surface area (Å²) in [5.74, 6) is 0.716. The summed E-state index contributed by atoms with van der Waals surface area (Å²) in [4.78, 5) is 0. The van der Waals surface area contributed by atoms with Crippen molar-refractivity contribution in [3.8, 4) is 0 Å². The molecule has 0 radical (unpaired) electrons. The Kier molecular flexibility index (Phi) is 8.87. The molecule has 0 aliphatic rings. The van der Waals surface area contributed by atoms with E-state index in [0.29, 0.717) is 5.92 Å². The van der Waals surface area contributed by atoms with Crippen LogP contribution >= 0.6 is 11.1 Å². The SMILES string of the molecule is CCCCC(CC)CO[Si](Cl)(CC)CC. The van der Waals surface area contributed by atoms with Crippen LogP contribution in [0.2, 0.25) is 12.1 Å². The van der Waals surface area contributed by atoms with Crippen LogP contribution in [0.5, 0.6) is 0 Å². The second-order valence-corrected chi connectivity index (χ2v) is 9.85. The summed E-state index contributed by atoms with van der Waals surface area (Å²) >= 11 is 6.46. The van der Waals surface area contributed by atoms with Gasteiger partial charge in [0, 0.05) is 6.61 Å². The lowest BCUT2D eigenvalue weighted by molar-refractivity contribution is 0.228. The molecule has 0 rings (SSSR count). The van der Waals surface area contributed by atoms with Crippen LogP contribution in [0.1, 0.15) is 53.4 Å². The molecule has 0 bridgehead atoms. The zero-order chi connectivity index (χ0) is 11.7. The molecule has 0 aromatic carbocycles. The molecule has 3 heteroatoms. The van der Waals surface area contributed by atoms with Crippen LogP contribution in [-0.2, 0) is 4.43 Å². The topological polar surface area (TPSA) is 9.23 Å². The second-order valence-electron chi connectivity index (χ2n) is 4.32. The largest absolute Gasteiger partial charge is 0.403 e. The third-order valence-corrected chi connectivity index (χ3v) is 7.90. The van der Waals surface area contributed by atoms with Crippen molar-refractivity contribution >= 4 is 18.7 Å². The van der Waals surface area contributed by atoms with Gasteiger partial charge in [0.1, 0.15) is 0 Å². The van der Waals surface area contributed by atoms with Crippen molar-refractivity contribution < 1.29 is 4.43 Å². The van der Waals surface area contributed by atoms with Crippen molar-refractivity contribution in [2.24, 2.45) is 5.92 Å². The molecule has 0 spiro atoms. The van der Waals surface area contributed by atoms with Gasteiger partial charge in [0.15, 0.2) is 0 Å². The van der Waals surface area contributed by atoms with Crippen LogP contribution in [0.15, 0.2) is 0 Å². The number of hydrogen-bond acceptors (Lipinski definition) is 1. The molecule has 0 fully saturated rings. The van der Waals surface area contributed by atoms with Crippen LogP contribution in [0, 0.1) is 5.92 Å². The highest BCUT2D eigenvalue weighted by Crippen LogP contribution is 2.24. The van der Waals surface area contributed by atoms with E-state index in [1.54, 1.807) is 0 Å². The predicted octanol–water partition coefficient (Wildman–Crippen LogP) is 4.94. The molecule has 0 aliphatic heterocycles. The molecule has 0 N–H and O–H groups in total. The van der Waals surface area contributed by atoms with Gasteiger partial charge < -0.3 is 4.43 Å². The molecule has 0 amide bonds. The minimum Gasteiger partial charge on any atom is -0.403 e. The Bertz CT molecular complexity index is 149. The first-order valence-electron chi connectivity index (χ1n) is 6.44. The first kappa shape index (κ1) is 15.5. The lowest BCUT2D eigenvalue weighted by Gasteiger charge is -2.25. The molecule has 92 valence electrons. The summed E-state index contributed by atoms with van der Waals surface area (Å²) in [7, 11) is -1.84. The molecule has 15 heavy (non-hydrogen) atoms. The molecule has 1 nitrogen and oxygen atoms in total. The van der Waals surface area contributed by atoms with Gasteiger partial charge in [-0.2, -0.15) is 0 Å². The molecule has 1 unspecified atom stereocenters. The maximum absolute atomic E-state index is 6.46. The van der Waals surface area contributed by atoms with E-state index in [9.17, 15) is 0 Å². The molecule has 0 aliphatic carbocycles. The van der Waals surface area contributed by atoms with Crippen molar-refractivity contribution in [1.29, 1.82) is 0 Å². The fourth-order valence-corrected chi connectivity index (χ4v) is 3.25. The lowest BCUT2D eigenvalue weighted by atomic mass is 10.0. The van der Waals surface area contributed by atoms with Crippen molar-refractivity contribution in [1.82, 2.24) is 0 Å². The third kappa shape index (κ3) is 6.59. The predicted molar refractivity (Wildman–Crippen MR) is 71.8 cm³/mol. The van der Waals surface area contributed by atoms with E-state index in [-0.39, 0.29) is 0 Å². The van der Waals surface area contributed by atoms with Crippen LogP contribution in [0.25, 0.3) is 0 Å². The van der Waals surface area contributed by atoms with Gasteiger partial charge in [0.2, 0.25) is 0 Å². The van der Waals surface area contributed by atoms with E-state index >= 15 is 0 Å². The van der Waals surface area contributed by atoms with Crippen LogP contribution < -0.4 is 0 Å². The zero-order valence-electron chi connectivity index (χ0n) is 10.8. The molecule has 0 heterocycles. The first-order chi connectivity index (χ1) is 7.11. The number of unbranched alkanes of at least 4 members (excludes halogenated alkanes) is 1. The van der Waals surface area contributed by atoms with E-state index in [2.05, 4.69) is 27.7 Å². The van der Waals surface area contributed by atoms with Crippen molar-refractivity contribution in [2.45, 2.75) is 65.5 Å². The van der Waals surface area contributed by atoms with E-state index in [1.807, 2.05) is 0 Å². The summed E-state index contributed by atoms with van der Waals surface area (Å²) < 4.78 is 5.98. The van der Waals surface area contributed by atoms with E-state index < -0.39 is 7.63 Å². The molecule has 0 aromatic heterocycles. The van der Waals surface area contributed by atoms with Gasteiger partial charge in [-0.1, -0.05) is 47.0 Å². The Morgan fingerprint density at radius 2 is 1.73 bits per heavy atom. The Hall–Kier alpha value is 0.467. The van der Waals surface area contributed by atoms with Crippen molar-refractivity contribution in [3.63, 3.8) is 0 Å². The highest BCUT2D eigenvalue weighted by atomic mass is 35.6. The third-order valence-electron chi connectivity index (χ3n) is 3.18. The van der Waals surface area contributed by atoms with Crippen molar-refractivity contribution in [3.05, 3.63) is 0 Å². The van der Waals surface area contributed by atoms with E-state index in [1.165, 1.54) is 25.7 Å².